The highest BCUT2D eigenvalue weighted by Crippen LogP contribution is 2.48. The maximum atomic E-state index is 13.4. The van der Waals surface area contributed by atoms with Crippen LogP contribution in [-0.2, 0) is 39.3 Å². The molecule has 1 heterocycles. The van der Waals surface area contributed by atoms with Crippen LogP contribution in [0.4, 0.5) is 39.5 Å². The molecule has 0 N–H and O–H groups in total. The Morgan fingerprint density at radius 3 is 1.97 bits per heavy atom. The molecule has 1 aliphatic rings. The predicted molar refractivity (Wildman–Crippen MR) is 103 cm³/mol. The lowest BCUT2D eigenvalue weighted by molar-refractivity contribution is -0.209. The smallest absolute Gasteiger partial charge is 0.343 e. The van der Waals surface area contributed by atoms with Gasteiger partial charge in [0.1, 0.15) is 0 Å². The van der Waals surface area contributed by atoms with Gasteiger partial charge in [0, 0.05) is 13.1 Å². The number of alkyl halides is 9. The van der Waals surface area contributed by atoms with E-state index in [-0.39, 0.29) is 31.8 Å². The molecule has 0 unspecified atom stereocenters. The van der Waals surface area contributed by atoms with Crippen LogP contribution in [0, 0.1) is 0 Å². The molecule has 0 saturated carbocycles. The van der Waals surface area contributed by atoms with Crippen LogP contribution in [0.2, 0.25) is 0 Å². The average Bonchev–Trinajstić information content (AvgIpc) is 2.74. The van der Waals surface area contributed by atoms with Gasteiger partial charge in [-0.25, -0.2) is 0 Å². The van der Waals surface area contributed by atoms with E-state index < -0.39 is 59.1 Å². The van der Waals surface area contributed by atoms with Gasteiger partial charge in [-0.2, -0.15) is 39.5 Å². The SMILES string of the molecule is C[C@@H](O[C@H]1OCCN(Cc2ccccc2)C1=O)c1cc(C(F)(F)F)c(C(F)(F)F)c(C(F)(F)F)c1. The third kappa shape index (κ3) is 6.26. The van der Waals surface area contributed by atoms with Crippen LogP contribution in [-0.4, -0.2) is 30.2 Å². The maximum Gasteiger partial charge on any atom is 0.417 e. The lowest BCUT2D eigenvalue weighted by Crippen LogP contribution is -2.48. The molecule has 2 aromatic rings. The molecule has 1 fully saturated rings. The van der Waals surface area contributed by atoms with E-state index >= 15 is 0 Å². The van der Waals surface area contributed by atoms with Crippen LogP contribution in [0.5, 0.6) is 0 Å². The second kappa shape index (κ2) is 9.69. The van der Waals surface area contributed by atoms with Crippen molar-refractivity contribution in [3.63, 3.8) is 0 Å². The quantitative estimate of drug-likeness (QED) is 0.445. The lowest BCUT2D eigenvalue weighted by Gasteiger charge is -2.33. The Hall–Kier alpha value is -2.80. The first-order valence-electron chi connectivity index (χ1n) is 10.1. The Kier molecular flexibility index (Phi) is 7.42. The minimum atomic E-state index is -5.93. The number of ether oxygens (including phenoxy) is 2. The summed E-state index contributed by atoms with van der Waals surface area (Å²) in [5.41, 5.74) is -7.96. The summed E-state index contributed by atoms with van der Waals surface area (Å²) >= 11 is 0. The molecule has 35 heavy (non-hydrogen) atoms. The van der Waals surface area contributed by atoms with Crippen LogP contribution in [0.25, 0.3) is 0 Å². The summed E-state index contributed by atoms with van der Waals surface area (Å²) < 4.78 is 130. The third-order valence-corrected chi connectivity index (χ3v) is 5.21. The molecule has 0 radical (unpaired) electrons. The Labute approximate surface area is 193 Å². The molecule has 3 rings (SSSR count). The average molecular weight is 515 g/mol. The first-order valence-corrected chi connectivity index (χ1v) is 10.1. The second-order valence-corrected chi connectivity index (χ2v) is 7.71. The molecule has 1 aliphatic heterocycles. The molecule has 1 amide bonds. The molecular weight excluding hydrogens is 497 g/mol. The van der Waals surface area contributed by atoms with E-state index in [0.29, 0.717) is 0 Å². The number of halogens is 9. The van der Waals surface area contributed by atoms with Gasteiger partial charge in [0.2, 0.25) is 6.29 Å². The Bertz CT molecular complexity index is 1010. The fourth-order valence-corrected chi connectivity index (χ4v) is 3.57. The van der Waals surface area contributed by atoms with Crippen LogP contribution in [0.15, 0.2) is 42.5 Å². The third-order valence-electron chi connectivity index (χ3n) is 5.21. The number of morpholine rings is 1. The van der Waals surface area contributed by atoms with E-state index in [1.165, 1.54) is 4.90 Å². The van der Waals surface area contributed by atoms with E-state index in [4.69, 9.17) is 9.47 Å². The lowest BCUT2D eigenvalue weighted by atomic mass is 9.94. The van der Waals surface area contributed by atoms with Crippen LogP contribution in [0.1, 0.15) is 40.8 Å². The molecule has 2 aromatic carbocycles. The van der Waals surface area contributed by atoms with Crippen LogP contribution >= 0.6 is 0 Å². The number of amides is 1. The Balaban J connectivity index is 1.92. The van der Waals surface area contributed by atoms with Crippen LogP contribution in [0.3, 0.4) is 0 Å². The van der Waals surface area contributed by atoms with Gasteiger partial charge >= 0.3 is 18.5 Å². The predicted octanol–water partition coefficient (Wildman–Crippen LogP) is 6.21. The number of rotatable bonds is 5. The molecule has 0 spiro atoms. The topological polar surface area (TPSA) is 38.8 Å². The fraction of sp³-hybridized carbons (Fsp3) is 0.409. The highest BCUT2D eigenvalue weighted by molar-refractivity contribution is 5.80. The van der Waals surface area contributed by atoms with Gasteiger partial charge in [-0.05, 0) is 30.2 Å². The minimum Gasteiger partial charge on any atom is -0.343 e. The Morgan fingerprint density at radius 2 is 1.49 bits per heavy atom. The summed E-state index contributed by atoms with van der Waals surface area (Å²) in [5, 5.41) is 0. The van der Waals surface area contributed by atoms with E-state index in [0.717, 1.165) is 12.5 Å². The van der Waals surface area contributed by atoms with Gasteiger partial charge in [-0.1, -0.05) is 30.3 Å². The molecule has 2 atom stereocenters. The molecule has 0 bridgehead atoms. The van der Waals surface area contributed by atoms with Gasteiger partial charge in [-0.15, -0.1) is 0 Å². The minimum absolute atomic E-state index is 0.0371. The molecule has 4 nitrogen and oxygen atoms in total. The standard InChI is InChI=1S/C22H18F9NO3/c1-12(35-19-18(33)32(7-8-34-19)11-13-5-3-2-4-6-13)14-9-15(20(23,24)25)17(22(29,30)31)16(10-14)21(26,27)28/h2-6,9-10,12,19H,7-8,11H2,1H3/t12-,19-/m1/s1. The molecule has 192 valence electrons. The largest absolute Gasteiger partial charge is 0.417 e. The molecule has 0 aromatic heterocycles. The molecule has 0 aliphatic carbocycles. The van der Waals surface area contributed by atoms with Crippen molar-refractivity contribution < 1.29 is 53.8 Å². The number of hydrogen-bond donors (Lipinski definition) is 0. The Morgan fingerprint density at radius 1 is 0.943 bits per heavy atom. The highest BCUT2D eigenvalue weighted by Gasteiger charge is 2.50. The zero-order valence-corrected chi connectivity index (χ0v) is 17.9. The monoisotopic (exact) mass is 515 g/mol. The number of benzene rings is 2. The fourth-order valence-electron chi connectivity index (χ4n) is 3.57. The van der Waals surface area contributed by atoms with Crippen molar-refractivity contribution in [2.24, 2.45) is 0 Å². The van der Waals surface area contributed by atoms with E-state index in [1.807, 2.05) is 0 Å². The van der Waals surface area contributed by atoms with Gasteiger partial charge < -0.3 is 14.4 Å². The van der Waals surface area contributed by atoms with Gasteiger partial charge in [0.15, 0.2) is 0 Å². The summed E-state index contributed by atoms with van der Waals surface area (Å²) in [7, 11) is 0. The van der Waals surface area contributed by atoms with Crippen molar-refractivity contribution in [1.82, 2.24) is 4.90 Å². The summed E-state index contributed by atoms with van der Waals surface area (Å²) in [4.78, 5) is 14.0. The first kappa shape index (κ1) is 26.8. The van der Waals surface area contributed by atoms with Crippen molar-refractivity contribution in [3.8, 4) is 0 Å². The van der Waals surface area contributed by atoms with E-state index in [2.05, 4.69) is 0 Å². The summed E-state index contributed by atoms with van der Waals surface area (Å²) in [6.45, 7) is 1.27. The number of hydrogen-bond acceptors (Lipinski definition) is 3. The van der Waals surface area contributed by atoms with Gasteiger partial charge in [-0.3, -0.25) is 4.79 Å². The molecule has 13 heteroatoms. The second-order valence-electron chi connectivity index (χ2n) is 7.71. The van der Waals surface area contributed by atoms with Crippen molar-refractivity contribution in [2.45, 2.75) is 44.4 Å². The van der Waals surface area contributed by atoms with E-state index in [1.54, 1.807) is 30.3 Å². The zero-order valence-electron chi connectivity index (χ0n) is 17.9. The highest BCUT2D eigenvalue weighted by atomic mass is 19.4. The van der Waals surface area contributed by atoms with Gasteiger partial charge in [0.25, 0.3) is 5.91 Å². The normalized spacial score (nSPS) is 18.6. The summed E-state index contributed by atoms with van der Waals surface area (Å²) in [6.07, 6.45) is -20.7. The van der Waals surface area contributed by atoms with Gasteiger partial charge in [0.05, 0.1) is 29.4 Å². The number of carbonyl (C=O) groups is 1. The van der Waals surface area contributed by atoms with Crippen molar-refractivity contribution in [3.05, 3.63) is 70.3 Å². The number of carbonyl (C=O) groups excluding carboxylic acids is 1. The van der Waals surface area contributed by atoms with Crippen molar-refractivity contribution in [2.75, 3.05) is 13.2 Å². The first-order chi connectivity index (χ1) is 16.1. The van der Waals surface area contributed by atoms with Crippen molar-refractivity contribution >= 4 is 5.91 Å². The summed E-state index contributed by atoms with van der Waals surface area (Å²) in [5.74, 6) is -0.731. The molecular formula is C22H18F9NO3. The molecule has 1 saturated heterocycles. The summed E-state index contributed by atoms with van der Waals surface area (Å²) in [6, 6.07) is 8.58. The van der Waals surface area contributed by atoms with E-state index in [9.17, 15) is 44.3 Å². The maximum absolute atomic E-state index is 13.4. The number of nitrogens with zero attached hydrogens (tertiary/aromatic N) is 1. The zero-order chi connectivity index (χ0) is 26.2. The van der Waals surface area contributed by atoms with Crippen LogP contribution < -0.4 is 0 Å². The van der Waals surface area contributed by atoms with Crippen molar-refractivity contribution in [1.29, 1.82) is 0 Å².